The van der Waals surface area contributed by atoms with E-state index in [9.17, 15) is 0 Å². The Bertz CT molecular complexity index is 618. The van der Waals surface area contributed by atoms with E-state index in [1.54, 1.807) is 0 Å². The third kappa shape index (κ3) is 3.39. The average molecular weight is 282 g/mol. The monoisotopic (exact) mass is 282 g/mol. The lowest BCUT2D eigenvalue weighted by Crippen LogP contribution is -2.13. The minimum absolute atomic E-state index is 0.566. The van der Waals surface area contributed by atoms with Crippen molar-refractivity contribution in [1.82, 2.24) is 9.97 Å². The number of benzene rings is 1. The molecule has 4 nitrogen and oxygen atoms in total. The molecule has 0 amide bonds. The highest BCUT2D eigenvalue weighted by Crippen LogP contribution is 2.33. The molecule has 2 aromatic rings. The molecule has 3 rings (SSSR count). The van der Waals surface area contributed by atoms with Gasteiger partial charge in [0.05, 0.1) is 0 Å². The van der Waals surface area contributed by atoms with Gasteiger partial charge in [-0.25, -0.2) is 15.8 Å². The molecule has 0 aliphatic heterocycles. The number of hydrogen-bond donors (Lipinski definition) is 2. The van der Waals surface area contributed by atoms with E-state index in [0.29, 0.717) is 5.92 Å². The van der Waals surface area contributed by atoms with Crippen LogP contribution in [-0.2, 0) is 6.42 Å². The molecular formula is C17H22N4. The van der Waals surface area contributed by atoms with Crippen LogP contribution in [0, 0.1) is 6.92 Å². The van der Waals surface area contributed by atoms with Crippen molar-refractivity contribution in [2.24, 2.45) is 5.84 Å². The number of aromatic nitrogens is 2. The van der Waals surface area contributed by atoms with E-state index in [2.05, 4.69) is 41.6 Å². The number of hydrazine groups is 1. The number of nitrogens with zero attached hydrogens (tertiary/aromatic N) is 2. The maximum Gasteiger partial charge on any atom is 0.143 e. The van der Waals surface area contributed by atoms with Gasteiger partial charge in [0.2, 0.25) is 0 Å². The molecule has 0 unspecified atom stereocenters. The SMILES string of the molecule is Cc1cccc(Cc2nc(NN)cc(C3CCCC3)n2)c1. The van der Waals surface area contributed by atoms with E-state index in [-0.39, 0.29) is 0 Å². The van der Waals surface area contributed by atoms with Gasteiger partial charge in [-0.05, 0) is 25.3 Å². The number of nitrogens with two attached hydrogens (primary N) is 1. The summed E-state index contributed by atoms with van der Waals surface area (Å²) in [6.07, 6.45) is 5.80. The number of rotatable bonds is 4. The number of anilines is 1. The molecule has 110 valence electrons. The van der Waals surface area contributed by atoms with Crippen LogP contribution in [0.25, 0.3) is 0 Å². The summed E-state index contributed by atoms with van der Waals surface area (Å²) < 4.78 is 0. The quantitative estimate of drug-likeness (QED) is 0.667. The second-order valence-electron chi connectivity index (χ2n) is 5.89. The Hall–Kier alpha value is -1.94. The van der Waals surface area contributed by atoms with Crippen molar-refractivity contribution in [3.05, 3.63) is 53.0 Å². The van der Waals surface area contributed by atoms with E-state index >= 15 is 0 Å². The fraction of sp³-hybridized carbons (Fsp3) is 0.412. The molecule has 3 N–H and O–H groups in total. The number of hydrogen-bond acceptors (Lipinski definition) is 4. The van der Waals surface area contributed by atoms with E-state index in [1.165, 1.54) is 36.8 Å². The summed E-state index contributed by atoms with van der Waals surface area (Å²) in [5.41, 5.74) is 6.31. The summed E-state index contributed by atoms with van der Waals surface area (Å²) in [7, 11) is 0. The maximum atomic E-state index is 5.56. The average Bonchev–Trinajstić information content (AvgIpc) is 3.01. The zero-order valence-corrected chi connectivity index (χ0v) is 12.5. The predicted octanol–water partition coefficient (Wildman–Crippen LogP) is 3.32. The lowest BCUT2D eigenvalue weighted by Gasteiger charge is -2.12. The van der Waals surface area contributed by atoms with Gasteiger partial charge in [-0.1, -0.05) is 42.7 Å². The largest absolute Gasteiger partial charge is 0.308 e. The number of nitrogens with one attached hydrogen (secondary N) is 1. The smallest absolute Gasteiger partial charge is 0.143 e. The van der Waals surface area contributed by atoms with Crippen molar-refractivity contribution < 1.29 is 0 Å². The molecule has 1 heterocycles. The molecule has 0 radical (unpaired) electrons. The van der Waals surface area contributed by atoms with Gasteiger partial charge >= 0.3 is 0 Å². The molecule has 1 aromatic heterocycles. The summed E-state index contributed by atoms with van der Waals surface area (Å²) in [4.78, 5) is 9.28. The van der Waals surface area contributed by atoms with Gasteiger partial charge in [-0.3, -0.25) is 0 Å². The fourth-order valence-corrected chi connectivity index (χ4v) is 3.11. The molecule has 0 bridgehead atoms. The lowest BCUT2D eigenvalue weighted by atomic mass is 10.0. The first-order valence-corrected chi connectivity index (χ1v) is 7.64. The number of aryl methyl sites for hydroxylation is 1. The van der Waals surface area contributed by atoms with Crippen LogP contribution in [0.5, 0.6) is 0 Å². The van der Waals surface area contributed by atoms with Crippen LogP contribution in [0.2, 0.25) is 0 Å². The van der Waals surface area contributed by atoms with E-state index in [0.717, 1.165) is 23.8 Å². The maximum absolute atomic E-state index is 5.56. The van der Waals surface area contributed by atoms with E-state index in [4.69, 9.17) is 10.8 Å². The van der Waals surface area contributed by atoms with Crippen LogP contribution < -0.4 is 11.3 Å². The molecule has 4 heteroatoms. The van der Waals surface area contributed by atoms with Crippen molar-refractivity contribution >= 4 is 5.82 Å². The van der Waals surface area contributed by atoms with Gasteiger partial charge in [0.25, 0.3) is 0 Å². The third-order valence-electron chi connectivity index (χ3n) is 4.16. The fourth-order valence-electron chi connectivity index (χ4n) is 3.11. The summed E-state index contributed by atoms with van der Waals surface area (Å²) in [5, 5.41) is 0. The topological polar surface area (TPSA) is 63.8 Å². The van der Waals surface area contributed by atoms with Crippen molar-refractivity contribution in [3.8, 4) is 0 Å². The Morgan fingerprint density at radius 2 is 2.00 bits per heavy atom. The van der Waals surface area contributed by atoms with Gasteiger partial charge in [0.15, 0.2) is 0 Å². The lowest BCUT2D eigenvalue weighted by molar-refractivity contribution is 0.686. The molecule has 1 fully saturated rings. The Labute approximate surface area is 125 Å². The van der Waals surface area contributed by atoms with E-state index < -0.39 is 0 Å². The van der Waals surface area contributed by atoms with Crippen LogP contribution in [-0.4, -0.2) is 9.97 Å². The van der Waals surface area contributed by atoms with Crippen LogP contribution in [0.4, 0.5) is 5.82 Å². The Balaban J connectivity index is 1.88. The van der Waals surface area contributed by atoms with Crippen LogP contribution in [0.1, 0.15) is 54.2 Å². The highest BCUT2D eigenvalue weighted by atomic mass is 15.3. The highest BCUT2D eigenvalue weighted by Gasteiger charge is 2.20. The molecule has 0 saturated heterocycles. The molecule has 1 saturated carbocycles. The first-order chi connectivity index (χ1) is 10.2. The van der Waals surface area contributed by atoms with Crippen molar-refractivity contribution in [2.75, 3.05) is 5.43 Å². The normalized spacial score (nSPS) is 15.3. The Morgan fingerprint density at radius 1 is 1.19 bits per heavy atom. The highest BCUT2D eigenvalue weighted by molar-refractivity contribution is 5.37. The van der Waals surface area contributed by atoms with Gasteiger partial charge in [0, 0.05) is 24.1 Å². The van der Waals surface area contributed by atoms with Crippen molar-refractivity contribution in [2.45, 2.75) is 44.9 Å². The first-order valence-electron chi connectivity index (χ1n) is 7.64. The van der Waals surface area contributed by atoms with E-state index in [1.807, 2.05) is 6.07 Å². The van der Waals surface area contributed by atoms with Crippen molar-refractivity contribution in [1.29, 1.82) is 0 Å². The molecular weight excluding hydrogens is 260 g/mol. The van der Waals surface area contributed by atoms with Crippen LogP contribution in [0.15, 0.2) is 30.3 Å². The summed E-state index contributed by atoms with van der Waals surface area (Å²) in [6.45, 7) is 2.10. The molecule has 1 aromatic carbocycles. The third-order valence-corrected chi connectivity index (χ3v) is 4.16. The standard InChI is InChI=1S/C17H22N4/c1-12-5-4-6-13(9-12)10-16-19-15(11-17(20-16)21-18)14-7-2-3-8-14/h4-6,9,11,14H,2-3,7-8,10,18H2,1H3,(H,19,20,21). The van der Waals surface area contributed by atoms with Gasteiger partial charge in [0.1, 0.15) is 11.6 Å². The zero-order chi connectivity index (χ0) is 14.7. The molecule has 0 atom stereocenters. The van der Waals surface area contributed by atoms with Crippen LogP contribution >= 0.6 is 0 Å². The minimum atomic E-state index is 0.566. The number of nitrogen functional groups attached to an aromatic ring is 1. The van der Waals surface area contributed by atoms with Gasteiger partial charge in [-0.2, -0.15) is 0 Å². The minimum Gasteiger partial charge on any atom is -0.308 e. The molecule has 21 heavy (non-hydrogen) atoms. The van der Waals surface area contributed by atoms with Gasteiger partial charge in [-0.15, -0.1) is 0 Å². The summed E-state index contributed by atoms with van der Waals surface area (Å²) >= 11 is 0. The Kier molecular flexibility index (Phi) is 4.15. The molecule has 1 aliphatic rings. The second-order valence-corrected chi connectivity index (χ2v) is 5.89. The Morgan fingerprint density at radius 3 is 2.71 bits per heavy atom. The second kappa shape index (κ2) is 6.22. The van der Waals surface area contributed by atoms with Gasteiger partial charge < -0.3 is 5.43 Å². The van der Waals surface area contributed by atoms with Crippen LogP contribution in [0.3, 0.4) is 0 Å². The summed E-state index contributed by atoms with van der Waals surface area (Å²) in [6, 6.07) is 10.5. The summed E-state index contributed by atoms with van der Waals surface area (Å²) in [5.74, 6) is 7.69. The molecule has 0 spiro atoms. The van der Waals surface area contributed by atoms with Crippen molar-refractivity contribution in [3.63, 3.8) is 0 Å². The first kappa shape index (κ1) is 14.0. The zero-order valence-electron chi connectivity index (χ0n) is 12.5. The predicted molar refractivity (Wildman–Crippen MR) is 85.0 cm³/mol. The molecule has 1 aliphatic carbocycles.